The third-order valence-electron chi connectivity index (χ3n) is 3.67. The van der Waals surface area contributed by atoms with Gasteiger partial charge in [-0.05, 0) is 48.9 Å². The summed E-state index contributed by atoms with van der Waals surface area (Å²) in [7, 11) is -2.70. The number of methoxy groups -OCH3 is 1. The van der Waals surface area contributed by atoms with Gasteiger partial charge in [0.1, 0.15) is 16.5 Å². The molecule has 0 radical (unpaired) electrons. The first-order valence-corrected chi connectivity index (χ1v) is 8.53. The highest BCUT2D eigenvalue weighted by Gasteiger charge is 2.23. The van der Waals surface area contributed by atoms with Crippen LogP contribution < -0.4 is 10.2 Å². The average Bonchev–Trinajstić information content (AvgIpc) is 2.54. The molecule has 3 rings (SSSR count). The van der Waals surface area contributed by atoms with Crippen molar-refractivity contribution in [2.75, 3.05) is 7.11 Å². The minimum absolute atomic E-state index is 0.184. The molecule has 3 aromatic rings. The Balaban J connectivity index is 2.28. The molecule has 0 aliphatic rings. The molecule has 1 heterocycles. The Morgan fingerprint density at radius 1 is 1.12 bits per heavy atom. The van der Waals surface area contributed by atoms with Gasteiger partial charge in [-0.25, -0.2) is 12.8 Å². The molecule has 0 spiro atoms. The van der Waals surface area contributed by atoms with Crippen molar-refractivity contribution in [2.24, 2.45) is 0 Å². The number of ether oxygens (including phenoxy) is 1. The Kier molecular flexibility index (Phi) is 3.88. The molecule has 0 atom stereocenters. The van der Waals surface area contributed by atoms with E-state index < -0.39 is 26.0 Å². The molecule has 2 aromatic carbocycles. The number of benzene rings is 2. The molecule has 0 amide bonds. The molecule has 0 fully saturated rings. The number of fused-ring (bicyclic) bond motifs is 1. The fourth-order valence-electron chi connectivity index (χ4n) is 2.49. The van der Waals surface area contributed by atoms with Gasteiger partial charge in [0.05, 0.1) is 17.4 Å². The lowest BCUT2D eigenvalue weighted by Crippen LogP contribution is -2.16. The van der Waals surface area contributed by atoms with Gasteiger partial charge in [-0.2, -0.15) is 0 Å². The van der Waals surface area contributed by atoms with Crippen LogP contribution in [0.3, 0.4) is 0 Å². The lowest BCUT2D eigenvalue weighted by molar-refractivity contribution is 0.415. The molecule has 1 N–H and O–H groups in total. The highest BCUT2D eigenvalue weighted by atomic mass is 32.2. The van der Waals surface area contributed by atoms with E-state index in [9.17, 15) is 17.6 Å². The van der Waals surface area contributed by atoms with Gasteiger partial charge in [-0.15, -0.1) is 0 Å². The molecular weight excluding hydrogens is 333 g/mol. The van der Waals surface area contributed by atoms with E-state index in [0.29, 0.717) is 16.8 Å². The van der Waals surface area contributed by atoms with Crippen molar-refractivity contribution in [3.05, 3.63) is 64.2 Å². The lowest BCUT2D eigenvalue weighted by Gasteiger charge is -2.08. The molecule has 7 heteroatoms. The van der Waals surface area contributed by atoms with Gasteiger partial charge in [0.2, 0.25) is 15.3 Å². The van der Waals surface area contributed by atoms with Gasteiger partial charge in [0.25, 0.3) is 0 Å². The normalized spacial score (nSPS) is 11.6. The van der Waals surface area contributed by atoms with Crippen LogP contribution in [0.25, 0.3) is 10.9 Å². The third-order valence-corrected chi connectivity index (χ3v) is 5.41. The zero-order valence-electron chi connectivity index (χ0n) is 13.0. The summed E-state index contributed by atoms with van der Waals surface area (Å²) >= 11 is 0. The molecule has 0 saturated heterocycles. The number of halogens is 1. The molecule has 0 saturated carbocycles. The number of hydrogen-bond acceptors (Lipinski definition) is 4. The summed E-state index contributed by atoms with van der Waals surface area (Å²) in [5.74, 6) is -0.239. The highest BCUT2D eigenvalue weighted by Crippen LogP contribution is 2.23. The van der Waals surface area contributed by atoms with Gasteiger partial charge in [-0.1, -0.05) is 0 Å². The third kappa shape index (κ3) is 2.67. The number of aryl methyl sites for hydroxylation is 1. The van der Waals surface area contributed by atoms with Crippen LogP contribution in [0, 0.1) is 12.7 Å². The van der Waals surface area contributed by atoms with Crippen LogP contribution in [0.1, 0.15) is 5.56 Å². The maximum absolute atomic E-state index is 13.6. The van der Waals surface area contributed by atoms with Crippen molar-refractivity contribution in [3.8, 4) is 5.75 Å². The Morgan fingerprint density at radius 3 is 2.54 bits per heavy atom. The Bertz CT molecular complexity index is 1080. The Labute approximate surface area is 137 Å². The first-order chi connectivity index (χ1) is 11.3. The molecule has 0 aliphatic carbocycles. The fourth-order valence-corrected chi connectivity index (χ4v) is 3.92. The number of aromatic nitrogens is 1. The lowest BCUT2D eigenvalue weighted by atomic mass is 10.2. The van der Waals surface area contributed by atoms with E-state index in [4.69, 9.17) is 4.74 Å². The van der Waals surface area contributed by atoms with E-state index in [1.807, 2.05) is 0 Å². The molecule has 124 valence electrons. The zero-order chi connectivity index (χ0) is 17.5. The van der Waals surface area contributed by atoms with E-state index in [0.717, 1.165) is 12.3 Å². The number of aromatic amines is 1. The summed E-state index contributed by atoms with van der Waals surface area (Å²) in [5, 5.41) is 0.184. The largest absolute Gasteiger partial charge is 0.497 e. The topological polar surface area (TPSA) is 76.2 Å². The molecule has 5 nitrogen and oxygen atoms in total. The standard InChI is InChI=1S/C17H14FNO4S/c1-10-5-11(18)7-13(6-10)24(21,22)16-9-19-15-4-3-12(23-2)8-14(15)17(16)20/h3-9H,1-2H3,(H,19,20). The zero-order valence-corrected chi connectivity index (χ0v) is 13.8. The number of hydrogen-bond donors (Lipinski definition) is 1. The van der Waals surface area contributed by atoms with Gasteiger partial charge in [-0.3, -0.25) is 4.79 Å². The van der Waals surface area contributed by atoms with Crippen LogP contribution in [0.4, 0.5) is 4.39 Å². The van der Waals surface area contributed by atoms with Crippen LogP contribution in [0.2, 0.25) is 0 Å². The first-order valence-electron chi connectivity index (χ1n) is 7.04. The first kappa shape index (κ1) is 16.2. The fraction of sp³-hybridized carbons (Fsp3) is 0.118. The van der Waals surface area contributed by atoms with Crippen molar-refractivity contribution in [1.82, 2.24) is 4.98 Å². The van der Waals surface area contributed by atoms with Crippen molar-refractivity contribution >= 4 is 20.7 Å². The summed E-state index contributed by atoms with van der Waals surface area (Å²) in [6, 6.07) is 8.18. The number of rotatable bonds is 3. The van der Waals surface area contributed by atoms with Gasteiger partial charge >= 0.3 is 0 Å². The second-order valence-corrected chi connectivity index (χ2v) is 7.28. The Hall–Kier alpha value is -2.67. The van der Waals surface area contributed by atoms with Crippen molar-refractivity contribution < 1.29 is 17.5 Å². The minimum Gasteiger partial charge on any atom is -0.497 e. The van der Waals surface area contributed by atoms with Crippen molar-refractivity contribution in [3.63, 3.8) is 0 Å². The SMILES string of the molecule is COc1ccc2[nH]cc(S(=O)(=O)c3cc(C)cc(F)c3)c(=O)c2c1. The van der Waals surface area contributed by atoms with E-state index in [2.05, 4.69) is 4.98 Å². The molecule has 0 unspecified atom stereocenters. The number of H-pyrrole nitrogens is 1. The van der Waals surface area contributed by atoms with Crippen LogP contribution in [-0.2, 0) is 9.84 Å². The molecular formula is C17H14FNO4S. The number of sulfone groups is 1. The predicted molar refractivity (Wildman–Crippen MR) is 87.7 cm³/mol. The van der Waals surface area contributed by atoms with Crippen LogP contribution in [0.15, 0.2) is 57.2 Å². The summed E-state index contributed by atoms with van der Waals surface area (Å²) in [6.45, 7) is 1.58. The van der Waals surface area contributed by atoms with Crippen LogP contribution in [0.5, 0.6) is 5.75 Å². The molecule has 0 aliphatic heterocycles. The number of pyridine rings is 1. The maximum atomic E-state index is 13.6. The highest BCUT2D eigenvalue weighted by molar-refractivity contribution is 7.91. The quantitative estimate of drug-likeness (QED) is 0.790. The second-order valence-electron chi connectivity index (χ2n) is 5.36. The van der Waals surface area contributed by atoms with E-state index in [-0.39, 0.29) is 10.3 Å². The second kappa shape index (κ2) is 5.76. The van der Waals surface area contributed by atoms with Crippen molar-refractivity contribution in [1.29, 1.82) is 0 Å². The molecule has 1 aromatic heterocycles. The number of nitrogens with one attached hydrogen (secondary N) is 1. The predicted octanol–water partition coefficient (Wildman–Crippen LogP) is 2.82. The molecule has 24 heavy (non-hydrogen) atoms. The summed E-state index contributed by atoms with van der Waals surface area (Å²) in [5.41, 5.74) is 0.271. The monoisotopic (exact) mass is 347 g/mol. The summed E-state index contributed by atoms with van der Waals surface area (Å²) < 4.78 is 44.1. The van der Waals surface area contributed by atoms with E-state index in [1.165, 1.54) is 25.3 Å². The molecule has 0 bridgehead atoms. The average molecular weight is 347 g/mol. The van der Waals surface area contributed by atoms with Crippen LogP contribution >= 0.6 is 0 Å². The van der Waals surface area contributed by atoms with Gasteiger partial charge < -0.3 is 9.72 Å². The van der Waals surface area contributed by atoms with Crippen LogP contribution in [-0.4, -0.2) is 20.5 Å². The van der Waals surface area contributed by atoms with E-state index >= 15 is 0 Å². The smallest absolute Gasteiger partial charge is 0.212 e. The summed E-state index contributed by atoms with van der Waals surface area (Å²) in [4.78, 5) is 14.7. The van der Waals surface area contributed by atoms with Gasteiger partial charge in [0, 0.05) is 11.7 Å². The Morgan fingerprint density at radius 2 is 1.88 bits per heavy atom. The summed E-state index contributed by atoms with van der Waals surface area (Å²) in [6.07, 6.45) is 1.13. The van der Waals surface area contributed by atoms with Crippen molar-refractivity contribution in [2.45, 2.75) is 16.7 Å². The van der Waals surface area contributed by atoms with Gasteiger partial charge in [0.15, 0.2) is 0 Å². The maximum Gasteiger partial charge on any atom is 0.212 e. The minimum atomic E-state index is -4.15. The van der Waals surface area contributed by atoms with E-state index in [1.54, 1.807) is 19.1 Å².